The summed E-state index contributed by atoms with van der Waals surface area (Å²) in [5.41, 5.74) is 1.76. The molecule has 24 heavy (non-hydrogen) atoms. The van der Waals surface area contributed by atoms with Gasteiger partial charge in [0.1, 0.15) is 5.82 Å². The molecule has 128 valence electrons. The fourth-order valence-electron chi connectivity index (χ4n) is 3.14. The lowest BCUT2D eigenvalue weighted by Gasteiger charge is -2.31. The highest BCUT2D eigenvalue weighted by molar-refractivity contribution is 6.01. The van der Waals surface area contributed by atoms with E-state index in [1.807, 2.05) is 0 Å². The molecule has 3 amide bonds. The number of likely N-dealkylation sites (N-methyl/N-ethyl adjacent to an activating group) is 1. The number of nitrogens with one attached hydrogen (secondary N) is 1. The van der Waals surface area contributed by atoms with Crippen molar-refractivity contribution in [2.24, 2.45) is 0 Å². The highest BCUT2D eigenvalue weighted by Crippen LogP contribution is 2.35. The van der Waals surface area contributed by atoms with Gasteiger partial charge in [-0.25, -0.2) is 9.18 Å². The van der Waals surface area contributed by atoms with Crippen LogP contribution in [0.25, 0.3) is 0 Å². The van der Waals surface area contributed by atoms with Crippen molar-refractivity contribution < 1.29 is 18.7 Å². The van der Waals surface area contributed by atoms with Crippen LogP contribution in [-0.4, -0.2) is 55.6 Å². The number of nitrogens with zero attached hydrogens (tertiary/aromatic N) is 2. The van der Waals surface area contributed by atoms with E-state index in [1.54, 1.807) is 31.2 Å². The van der Waals surface area contributed by atoms with Gasteiger partial charge in [-0.3, -0.25) is 9.69 Å². The number of amides is 3. The van der Waals surface area contributed by atoms with Gasteiger partial charge in [-0.2, -0.15) is 0 Å². The molecule has 1 N–H and O–H groups in total. The molecule has 0 spiro atoms. The van der Waals surface area contributed by atoms with E-state index >= 15 is 0 Å². The van der Waals surface area contributed by atoms with E-state index in [-0.39, 0.29) is 11.9 Å². The van der Waals surface area contributed by atoms with Gasteiger partial charge in [0.05, 0.1) is 23.9 Å². The van der Waals surface area contributed by atoms with Gasteiger partial charge in [0, 0.05) is 27.3 Å². The second kappa shape index (κ2) is 6.60. The maximum atomic E-state index is 13.6. The summed E-state index contributed by atoms with van der Waals surface area (Å²) in [5.74, 6) is -0.521. The largest absolute Gasteiger partial charge is 0.385 e. The SMILES string of the molecule is COCCCN1CC2=C(C1=O)C(c1cccc(F)c1)NC(=O)N2C. The Kier molecular flexibility index (Phi) is 4.53. The van der Waals surface area contributed by atoms with E-state index in [1.165, 1.54) is 17.0 Å². The van der Waals surface area contributed by atoms with Gasteiger partial charge in [0.25, 0.3) is 5.91 Å². The quantitative estimate of drug-likeness (QED) is 0.834. The first-order valence-corrected chi connectivity index (χ1v) is 7.84. The summed E-state index contributed by atoms with van der Waals surface area (Å²) in [5, 5.41) is 2.79. The predicted molar refractivity (Wildman–Crippen MR) is 85.5 cm³/mol. The van der Waals surface area contributed by atoms with Crippen molar-refractivity contribution in [2.75, 3.05) is 33.9 Å². The highest BCUT2D eigenvalue weighted by atomic mass is 19.1. The zero-order valence-electron chi connectivity index (χ0n) is 13.7. The van der Waals surface area contributed by atoms with Gasteiger partial charge in [0.15, 0.2) is 0 Å². The Hall–Kier alpha value is -2.41. The Morgan fingerprint density at radius 3 is 2.88 bits per heavy atom. The van der Waals surface area contributed by atoms with Crippen molar-refractivity contribution in [3.63, 3.8) is 0 Å². The molecule has 0 saturated carbocycles. The number of rotatable bonds is 5. The second-order valence-electron chi connectivity index (χ2n) is 5.93. The molecule has 1 aromatic rings. The number of halogens is 1. The zero-order valence-corrected chi connectivity index (χ0v) is 13.7. The van der Waals surface area contributed by atoms with Crippen LogP contribution < -0.4 is 5.32 Å². The molecule has 0 saturated heterocycles. The fraction of sp³-hybridized carbons (Fsp3) is 0.412. The molecule has 2 heterocycles. The van der Waals surface area contributed by atoms with Gasteiger partial charge in [-0.1, -0.05) is 12.1 Å². The Balaban J connectivity index is 1.91. The second-order valence-corrected chi connectivity index (χ2v) is 5.93. The zero-order chi connectivity index (χ0) is 17.3. The van der Waals surface area contributed by atoms with Gasteiger partial charge < -0.3 is 15.0 Å². The minimum absolute atomic E-state index is 0.123. The van der Waals surface area contributed by atoms with E-state index in [0.717, 1.165) is 6.42 Å². The van der Waals surface area contributed by atoms with Crippen LogP contribution in [-0.2, 0) is 9.53 Å². The predicted octanol–water partition coefficient (Wildman–Crippen LogP) is 1.65. The molecule has 0 aliphatic carbocycles. The maximum Gasteiger partial charge on any atom is 0.322 e. The smallest absolute Gasteiger partial charge is 0.322 e. The average molecular weight is 333 g/mol. The minimum atomic E-state index is -0.626. The summed E-state index contributed by atoms with van der Waals surface area (Å²) in [6.07, 6.45) is 0.721. The molecule has 3 rings (SSSR count). The van der Waals surface area contributed by atoms with E-state index in [2.05, 4.69) is 5.32 Å². The number of methoxy groups -OCH3 is 1. The highest BCUT2D eigenvalue weighted by Gasteiger charge is 2.42. The molecule has 1 unspecified atom stereocenters. The number of ether oxygens (including phenoxy) is 1. The number of carbonyl (C=O) groups is 2. The van der Waals surface area contributed by atoms with Crippen molar-refractivity contribution >= 4 is 11.9 Å². The van der Waals surface area contributed by atoms with Crippen LogP contribution in [0.3, 0.4) is 0 Å². The lowest BCUT2D eigenvalue weighted by atomic mass is 9.96. The molecule has 0 fully saturated rings. The van der Waals surface area contributed by atoms with Crippen molar-refractivity contribution in [1.29, 1.82) is 0 Å². The van der Waals surface area contributed by atoms with E-state index < -0.39 is 11.9 Å². The van der Waals surface area contributed by atoms with Gasteiger partial charge >= 0.3 is 6.03 Å². The molecule has 0 aromatic heterocycles. The lowest BCUT2D eigenvalue weighted by Crippen LogP contribution is -2.45. The molecular weight excluding hydrogens is 313 g/mol. The van der Waals surface area contributed by atoms with E-state index in [0.29, 0.717) is 36.5 Å². The summed E-state index contributed by atoms with van der Waals surface area (Å²) in [6, 6.07) is 5.05. The number of hydrogen-bond acceptors (Lipinski definition) is 3. The Bertz CT molecular complexity index is 704. The lowest BCUT2D eigenvalue weighted by molar-refractivity contribution is -0.125. The third-order valence-corrected chi connectivity index (χ3v) is 4.39. The summed E-state index contributed by atoms with van der Waals surface area (Å²) >= 11 is 0. The number of benzene rings is 1. The molecule has 7 heteroatoms. The molecule has 6 nitrogen and oxygen atoms in total. The molecule has 1 aromatic carbocycles. The maximum absolute atomic E-state index is 13.6. The first-order chi connectivity index (χ1) is 11.5. The molecule has 0 radical (unpaired) electrons. The number of urea groups is 1. The molecule has 0 bridgehead atoms. The first kappa shape index (κ1) is 16.4. The van der Waals surface area contributed by atoms with Crippen LogP contribution in [0.4, 0.5) is 9.18 Å². The van der Waals surface area contributed by atoms with Gasteiger partial charge in [-0.15, -0.1) is 0 Å². The molecular formula is C17H20FN3O3. The Labute approximate surface area is 139 Å². The van der Waals surface area contributed by atoms with Crippen LogP contribution in [0.1, 0.15) is 18.0 Å². The number of carbonyl (C=O) groups excluding carboxylic acids is 2. The first-order valence-electron chi connectivity index (χ1n) is 7.84. The average Bonchev–Trinajstić information content (AvgIpc) is 2.89. The van der Waals surface area contributed by atoms with Crippen LogP contribution in [0.2, 0.25) is 0 Å². The monoisotopic (exact) mass is 333 g/mol. The Morgan fingerprint density at radius 1 is 1.38 bits per heavy atom. The molecule has 2 aliphatic heterocycles. The normalized spacial score (nSPS) is 20.5. The topological polar surface area (TPSA) is 61.9 Å². The van der Waals surface area contributed by atoms with E-state index in [4.69, 9.17) is 4.74 Å². The third kappa shape index (κ3) is 2.87. The van der Waals surface area contributed by atoms with Crippen molar-refractivity contribution in [2.45, 2.75) is 12.5 Å². The number of hydrogen-bond donors (Lipinski definition) is 1. The van der Waals surface area contributed by atoms with Crippen LogP contribution in [0, 0.1) is 5.82 Å². The van der Waals surface area contributed by atoms with E-state index in [9.17, 15) is 14.0 Å². The van der Waals surface area contributed by atoms with Crippen molar-refractivity contribution in [1.82, 2.24) is 15.1 Å². The van der Waals surface area contributed by atoms with Gasteiger partial charge in [0.2, 0.25) is 0 Å². The van der Waals surface area contributed by atoms with Crippen LogP contribution in [0.15, 0.2) is 35.5 Å². The summed E-state index contributed by atoms with van der Waals surface area (Å²) < 4.78 is 18.6. The van der Waals surface area contributed by atoms with Crippen molar-refractivity contribution in [3.05, 3.63) is 46.9 Å². The summed E-state index contributed by atoms with van der Waals surface area (Å²) in [4.78, 5) is 28.2. The Morgan fingerprint density at radius 2 is 2.17 bits per heavy atom. The summed E-state index contributed by atoms with van der Waals surface area (Å²) in [7, 11) is 3.25. The van der Waals surface area contributed by atoms with Crippen LogP contribution >= 0.6 is 0 Å². The summed E-state index contributed by atoms with van der Waals surface area (Å²) in [6.45, 7) is 1.50. The van der Waals surface area contributed by atoms with Crippen molar-refractivity contribution in [3.8, 4) is 0 Å². The molecule has 2 aliphatic rings. The fourth-order valence-corrected chi connectivity index (χ4v) is 3.14. The minimum Gasteiger partial charge on any atom is -0.385 e. The standard InChI is InChI=1S/C17H20FN3O3/c1-20-13-10-21(7-4-8-24-2)16(22)14(13)15(19-17(20)23)11-5-3-6-12(18)9-11/h3,5-6,9,15H,4,7-8,10H2,1-2H3,(H,19,23). The van der Waals surface area contributed by atoms with Gasteiger partial charge in [-0.05, 0) is 24.1 Å². The molecule has 1 atom stereocenters. The van der Waals surface area contributed by atoms with Crippen LogP contribution in [0.5, 0.6) is 0 Å². The third-order valence-electron chi connectivity index (χ3n) is 4.39.